The van der Waals surface area contributed by atoms with Crippen molar-refractivity contribution in [1.82, 2.24) is 4.57 Å². The van der Waals surface area contributed by atoms with Gasteiger partial charge in [0.05, 0.1) is 27.9 Å². The quantitative estimate of drug-likeness (QED) is 0.332. The Hall–Kier alpha value is -3.43. The Labute approximate surface area is 209 Å². The van der Waals surface area contributed by atoms with Gasteiger partial charge in [0.1, 0.15) is 5.75 Å². The molecule has 9 heteroatoms. The maximum atomic E-state index is 13.2. The van der Waals surface area contributed by atoms with Crippen LogP contribution in [0.25, 0.3) is 10.2 Å². The molecular formula is C26H27N3O4S2. The first kappa shape index (κ1) is 24.7. The summed E-state index contributed by atoms with van der Waals surface area (Å²) in [5.74, 6) is 0.321. The predicted molar refractivity (Wildman–Crippen MR) is 140 cm³/mol. The molecule has 1 amide bonds. The molecule has 1 heterocycles. The molecular weight excluding hydrogens is 482 g/mol. The fourth-order valence-corrected chi connectivity index (χ4v) is 6.40. The van der Waals surface area contributed by atoms with Gasteiger partial charge in [0.15, 0.2) is 4.80 Å². The van der Waals surface area contributed by atoms with E-state index in [9.17, 15) is 13.2 Å². The molecule has 0 saturated carbocycles. The van der Waals surface area contributed by atoms with Crippen molar-refractivity contribution in [3.05, 3.63) is 83.2 Å². The van der Waals surface area contributed by atoms with E-state index in [1.54, 1.807) is 38.3 Å². The summed E-state index contributed by atoms with van der Waals surface area (Å²) in [5, 5.41) is 0. The zero-order valence-electron chi connectivity index (χ0n) is 19.8. The lowest BCUT2D eigenvalue weighted by Gasteiger charge is -2.22. The third kappa shape index (κ3) is 5.01. The van der Waals surface area contributed by atoms with E-state index in [2.05, 4.69) is 11.9 Å². The summed E-state index contributed by atoms with van der Waals surface area (Å²) < 4.78 is 36.1. The summed E-state index contributed by atoms with van der Waals surface area (Å²) in [6, 6.07) is 20.7. The van der Waals surface area contributed by atoms with E-state index in [0.29, 0.717) is 16.1 Å². The molecule has 4 rings (SSSR count). The van der Waals surface area contributed by atoms with Crippen molar-refractivity contribution in [3.8, 4) is 5.75 Å². The molecule has 3 aromatic carbocycles. The Balaban J connectivity index is 1.67. The van der Waals surface area contributed by atoms with Gasteiger partial charge in [-0.3, -0.25) is 9.10 Å². The molecule has 0 atom stereocenters. The zero-order chi connectivity index (χ0) is 25.0. The normalized spacial score (nSPS) is 12.1. The number of hydrogen-bond donors (Lipinski definition) is 0. The van der Waals surface area contributed by atoms with E-state index in [1.165, 1.54) is 39.9 Å². The van der Waals surface area contributed by atoms with Gasteiger partial charge in [-0.1, -0.05) is 36.5 Å². The first-order valence-corrected chi connectivity index (χ1v) is 13.6. The van der Waals surface area contributed by atoms with Gasteiger partial charge in [-0.25, -0.2) is 8.42 Å². The van der Waals surface area contributed by atoms with Crippen molar-refractivity contribution in [2.75, 3.05) is 18.0 Å². The highest BCUT2D eigenvalue weighted by Crippen LogP contribution is 2.25. The van der Waals surface area contributed by atoms with Gasteiger partial charge in [-0.15, -0.1) is 0 Å². The van der Waals surface area contributed by atoms with Crippen molar-refractivity contribution in [2.45, 2.75) is 31.7 Å². The van der Waals surface area contributed by atoms with E-state index in [1.807, 2.05) is 28.8 Å². The van der Waals surface area contributed by atoms with Crippen LogP contribution in [0.15, 0.2) is 82.7 Å². The summed E-state index contributed by atoms with van der Waals surface area (Å²) >= 11 is 1.42. The van der Waals surface area contributed by atoms with Crippen LogP contribution in [-0.4, -0.2) is 32.5 Å². The first-order chi connectivity index (χ1) is 16.9. The summed E-state index contributed by atoms with van der Waals surface area (Å²) in [6.45, 7) is 4.87. The van der Waals surface area contributed by atoms with Crippen LogP contribution in [0.2, 0.25) is 0 Å². The third-order valence-electron chi connectivity index (χ3n) is 5.55. The molecule has 0 aliphatic rings. The Morgan fingerprint density at radius 2 is 1.74 bits per heavy atom. The number of carbonyl (C=O) groups excluding carboxylic acids is 1. The number of rotatable bonds is 8. The number of methoxy groups -OCH3 is 1. The number of aryl methyl sites for hydroxylation is 1. The number of aromatic nitrogens is 1. The van der Waals surface area contributed by atoms with Crippen LogP contribution < -0.4 is 13.8 Å². The molecule has 7 nitrogen and oxygen atoms in total. The second-order valence-electron chi connectivity index (χ2n) is 7.82. The van der Waals surface area contributed by atoms with Gasteiger partial charge >= 0.3 is 0 Å². The van der Waals surface area contributed by atoms with Crippen LogP contribution >= 0.6 is 11.3 Å². The second kappa shape index (κ2) is 10.5. The number of anilines is 1. The Bertz CT molecular complexity index is 1510. The SMILES string of the molecule is CCCn1c(=NC(=O)c2ccc(S(=O)(=O)N(CC)c3ccccc3)cc2)sc2cc(OC)ccc21. The molecule has 0 saturated heterocycles. The van der Waals surface area contributed by atoms with Gasteiger partial charge < -0.3 is 9.30 Å². The summed E-state index contributed by atoms with van der Waals surface area (Å²) in [7, 11) is -2.15. The lowest BCUT2D eigenvalue weighted by Crippen LogP contribution is -2.30. The molecule has 0 bridgehead atoms. The fraction of sp³-hybridized carbons (Fsp3) is 0.231. The molecule has 35 heavy (non-hydrogen) atoms. The number of nitrogens with zero attached hydrogens (tertiary/aromatic N) is 3. The van der Waals surface area contributed by atoms with Crippen LogP contribution in [0.5, 0.6) is 5.75 Å². The van der Waals surface area contributed by atoms with E-state index in [-0.39, 0.29) is 11.4 Å². The van der Waals surface area contributed by atoms with Crippen molar-refractivity contribution in [2.24, 2.45) is 4.99 Å². The molecule has 0 aliphatic heterocycles. The van der Waals surface area contributed by atoms with Crippen molar-refractivity contribution in [3.63, 3.8) is 0 Å². The standard InChI is InChI=1S/C26H27N3O4S2/c1-4-17-28-23-16-13-21(33-3)18-24(23)34-26(28)27-25(30)19-11-14-22(15-12-19)35(31,32)29(5-2)20-9-7-6-8-10-20/h6-16,18H,4-5,17H2,1-3H3. The minimum atomic E-state index is -3.77. The average molecular weight is 510 g/mol. The van der Waals surface area contributed by atoms with Crippen LogP contribution in [-0.2, 0) is 16.6 Å². The lowest BCUT2D eigenvalue weighted by atomic mass is 10.2. The number of sulfonamides is 1. The maximum Gasteiger partial charge on any atom is 0.279 e. The lowest BCUT2D eigenvalue weighted by molar-refractivity contribution is 0.0997. The van der Waals surface area contributed by atoms with Gasteiger partial charge in [-0.2, -0.15) is 4.99 Å². The van der Waals surface area contributed by atoms with Gasteiger partial charge in [0, 0.05) is 18.7 Å². The molecule has 0 unspecified atom stereocenters. The monoisotopic (exact) mass is 509 g/mol. The molecule has 182 valence electrons. The number of para-hydroxylation sites is 1. The number of carbonyl (C=O) groups is 1. The van der Waals surface area contributed by atoms with E-state index in [0.717, 1.165) is 28.9 Å². The van der Waals surface area contributed by atoms with Crippen molar-refractivity contribution in [1.29, 1.82) is 0 Å². The number of ether oxygens (including phenoxy) is 1. The van der Waals surface area contributed by atoms with Gasteiger partial charge in [0.2, 0.25) is 0 Å². The topological polar surface area (TPSA) is 81.0 Å². The first-order valence-electron chi connectivity index (χ1n) is 11.3. The average Bonchev–Trinajstić information content (AvgIpc) is 3.21. The van der Waals surface area contributed by atoms with Crippen LogP contribution in [0.1, 0.15) is 30.6 Å². The van der Waals surface area contributed by atoms with Crippen LogP contribution in [0, 0.1) is 0 Å². The van der Waals surface area contributed by atoms with Crippen LogP contribution in [0.3, 0.4) is 0 Å². The molecule has 0 aliphatic carbocycles. The molecule has 0 radical (unpaired) electrons. The van der Waals surface area contributed by atoms with Gasteiger partial charge in [0.25, 0.3) is 15.9 Å². The number of thiazole rings is 1. The highest BCUT2D eigenvalue weighted by molar-refractivity contribution is 7.92. The molecule has 0 fully saturated rings. The summed E-state index contributed by atoms with van der Waals surface area (Å²) in [5.41, 5.74) is 1.91. The number of benzene rings is 3. The van der Waals surface area contributed by atoms with Crippen molar-refractivity contribution < 1.29 is 17.9 Å². The van der Waals surface area contributed by atoms with E-state index >= 15 is 0 Å². The minimum absolute atomic E-state index is 0.120. The molecule has 0 spiro atoms. The molecule has 4 aromatic rings. The number of hydrogen-bond acceptors (Lipinski definition) is 5. The number of fused-ring (bicyclic) bond motifs is 1. The maximum absolute atomic E-state index is 13.2. The Kier molecular flexibility index (Phi) is 7.37. The van der Waals surface area contributed by atoms with E-state index < -0.39 is 15.9 Å². The molecule has 0 N–H and O–H groups in total. The Morgan fingerprint density at radius 3 is 2.37 bits per heavy atom. The van der Waals surface area contributed by atoms with Crippen LogP contribution in [0.4, 0.5) is 5.69 Å². The number of amides is 1. The smallest absolute Gasteiger partial charge is 0.279 e. The highest BCUT2D eigenvalue weighted by Gasteiger charge is 2.23. The van der Waals surface area contributed by atoms with Gasteiger partial charge in [-0.05, 0) is 67.9 Å². The largest absolute Gasteiger partial charge is 0.497 e. The molecule has 1 aromatic heterocycles. The zero-order valence-corrected chi connectivity index (χ0v) is 21.5. The van der Waals surface area contributed by atoms with E-state index in [4.69, 9.17) is 4.74 Å². The summed E-state index contributed by atoms with van der Waals surface area (Å²) in [4.78, 5) is 18.1. The highest BCUT2D eigenvalue weighted by atomic mass is 32.2. The summed E-state index contributed by atoms with van der Waals surface area (Å²) in [6.07, 6.45) is 0.890. The fourth-order valence-electron chi connectivity index (χ4n) is 3.84. The van der Waals surface area contributed by atoms with Crippen molar-refractivity contribution >= 4 is 43.2 Å². The third-order valence-corrected chi connectivity index (χ3v) is 8.51. The minimum Gasteiger partial charge on any atom is -0.497 e. The Morgan fingerprint density at radius 1 is 1.03 bits per heavy atom. The second-order valence-corrected chi connectivity index (χ2v) is 10.7. The predicted octanol–water partition coefficient (Wildman–Crippen LogP) is 5.08.